The highest BCUT2D eigenvalue weighted by Crippen LogP contribution is 2.33. The van der Waals surface area contributed by atoms with Crippen LogP contribution in [0.5, 0.6) is 0 Å². The summed E-state index contributed by atoms with van der Waals surface area (Å²) in [5.41, 5.74) is -0.231. The molecule has 0 atom stereocenters. The van der Waals surface area contributed by atoms with Crippen LogP contribution in [-0.2, 0) is 32.7 Å². The average molecular weight is 482 g/mol. The van der Waals surface area contributed by atoms with Crippen molar-refractivity contribution in [2.45, 2.75) is 61.5 Å². The van der Waals surface area contributed by atoms with E-state index in [1.807, 2.05) is 20.8 Å². The maximum Gasteiger partial charge on any atom is 0.433 e. The van der Waals surface area contributed by atoms with Gasteiger partial charge in [-0.2, -0.15) is 13.2 Å². The number of fused-ring (bicyclic) bond motifs is 1. The van der Waals surface area contributed by atoms with Crippen molar-refractivity contribution in [3.05, 3.63) is 48.0 Å². The Morgan fingerprint density at radius 2 is 1.73 bits per heavy atom. The number of rotatable bonds is 4. The quantitative estimate of drug-likeness (QED) is 0.524. The van der Waals surface area contributed by atoms with Gasteiger partial charge in [0.15, 0.2) is 0 Å². The van der Waals surface area contributed by atoms with E-state index in [-0.39, 0.29) is 10.3 Å². The van der Waals surface area contributed by atoms with Gasteiger partial charge in [-0.15, -0.1) is 0 Å². The highest BCUT2D eigenvalue weighted by molar-refractivity contribution is 7.91. The van der Waals surface area contributed by atoms with E-state index in [2.05, 4.69) is 9.55 Å². The average Bonchev–Trinajstić information content (AvgIpc) is 3.12. The molecule has 178 valence electrons. The first-order chi connectivity index (χ1) is 15.4. The Hall–Kier alpha value is -2.46. The van der Waals surface area contributed by atoms with E-state index in [0.29, 0.717) is 17.5 Å². The molecule has 0 spiro atoms. The van der Waals surface area contributed by atoms with Crippen molar-refractivity contribution in [3.63, 3.8) is 0 Å². The summed E-state index contributed by atoms with van der Waals surface area (Å²) < 4.78 is 73.0. The zero-order chi connectivity index (χ0) is 24.0. The number of hydrogen-bond acceptors (Lipinski definition) is 5. The molecule has 1 fully saturated rings. The SMILES string of the molecule is CC(C)(C)c1nc2cc(S(=O)(=O)c3ccnc(C(F)(F)F)c3)ccc2n1CC1CCOCC1. The largest absolute Gasteiger partial charge is 0.433 e. The third kappa shape index (κ3) is 4.77. The second kappa shape index (κ2) is 8.39. The minimum atomic E-state index is -4.74. The fourth-order valence-corrected chi connectivity index (χ4v) is 5.38. The molecule has 4 rings (SSSR count). The molecule has 3 aromatic rings. The fourth-order valence-electron chi connectivity index (χ4n) is 4.09. The minimum Gasteiger partial charge on any atom is -0.381 e. The maximum absolute atomic E-state index is 13.1. The van der Waals surface area contributed by atoms with Crippen LogP contribution in [0.1, 0.15) is 45.1 Å². The smallest absolute Gasteiger partial charge is 0.381 e. The van der Waals surface area contributed by atoms with Crippen molar-refractivity contribution < 1.29 is 26.3 Å². The first kappa shape index (κ1) is 23.7. The summed E-state index contributed by atoms with van der Waals surface area (Å²) in [6, 6.07) is 6.19. The lowest BCUT2D eigenvalue weighted by molar-refractivity contribution is -0.141. The number of pyridine rings is 1. The number of halogens is 3. The zero-order valence-electron chi connectivity index (χ0n) is 18.7. The fraction of sp³-hybridized carbons (Fsp3) is 0.478. The molecule has 0 bridgehead atoms. The lowest BCUT2D eigenvalue weighted by Crippen LogP contribution is -2.25. The summed E-state index contributed by atoms with van der Waals surface area (Å²) >= 11 is 0. The van der Waals surface area contributed by atoms with Gasteiger partial charge in [0.05, 0.1) is 20.8 Å². The molecule has 0 amide bonds. The van der Waals surface area contributed by atoms with Gasteiger partial charge in [-0.05, 0) is 49.1 Å². The van der Waals surface area contributed by atoms with E-state index >= 15 is 0 Å². The van der Waals surface area contributed by atoms with Crippen molar-refractivity contribution in [3.8, 4) is 0 Å². The van der Waals surface area contributed by atoms with Crippen molar-refractivity contribution in [2.24, 2.45) is 5.92 Å². The summed E-state index contributed by atoms with van der Waals surface area (Å²) in [6.45, 7) is 8.32. The Morgan fingerprint density at radius 3 is 2.36 bits per heavy atom. The van der Waals surface area contributed by atoms with Crippen molar-refractivity contribution >= 4 is 20.9 Å². The number of ether oxygens (including phenoxy) is 1. The number of hydrogen-bond donors (Lipinski definition) is 0. The number of imidazole rings is 1. The van der Waals surface area contributed by atoms with E-state index in [0.717, 1.165) is 56.2 Å². The van der Waals surface area contributed by atoms with Gasteiger partial charge in [0, 0.05) is 31.4 Å². The van der Waals surface area contributed by atoms with Crippen molar-refractivity contribution in [1.82, 2.24) is 14.5 Å². The molecule has 0 radical (unpaired) electrons. The Labute approximate surface area is 190 Å². The standard InChI is InChI=1S/C23H26F3N3O3S/c1-22(2,3)21-28-18-12-16(4-5-19(18)29(21)14-15-7-10-32-11-8-15)33(30,31)17-6-9-27-20(13-17)23(24,25)26/h4-6,9,12-13,15H,7-8,10-11,14H2,1-3H3. The number of aromatic nitrogens is 3. The molecular formula is C23H26F3N3O3S. The second-order valence-corrected chi connectivity index (χ2v) is 11.3. The Morgan fingerprint density at radius 1 is 1.06 bits per heavy atom. The molecule has 6 nitrogen and oxygen atoms in total. The van der Waals surface area contributed by atoms with Gasteiger partial charge in [-0.3, -0.25) is 4.98 Å². The molecule has 0 N–H and O–H groups in total. The third-order valence-electron chi connectivity index (χ3n) is 5.81. The highest BCUT2D eigenvalue weighted by Gasteiger charge is 2.34. The molecule has 33 heavy (non-hydrogen) atoms. The molecule has 0 saturated carbocycles. The molecule has 2 aromatic heterocycles. The van der Waals surface area contributed by atoms with E-state index in [1.165, 1.54) is 12.1 Å². The maximum atomic E-state index is 13.1. The minimum absolute atomic E-state index is 0.106. The Kier molecular flexibility index (Phi) is 6.03. The van der Waals surface area contributed by atoms with Crippen molar-refractivity contribution in [2.75, 3.05) is 13.2 Å². The molecule has 1 saturated heterocycles. The lowest BCUT2D eigenvalue weighted by atomic mass is 9.94. The van der Waals surface area contributed by atoms with Crippen LogP contribution in [0.25, 0.3) is 11.0 Å². The summed E-state index contributed by atoms with van der Waals surface area (Å²) in [6.07, 6.45) is -1.99. The number of alkyl halides is 3. The monoisotopic (exact) mass is 481 g/mol. The van der Waals surface area contributed by atoms with Crippen LogP contribution in [0.15, 0.2) is 46.3 Å². The number of sulfone groups is 1. The van der Waals surface area contributed by atoms with Crippen LogP contribution >= 0.6 is 0 Å². The summed E-state index contributed by atoms with van der Waals surface area (Å²) in [7, 11) is -4.19. The highest BCUT2D eigenvalue weighted by atomic mass is 32.2. The van der Waals surface area contributed by atoms with Gasteiger partial charge in [-0.25, -0.2) is 13.4 Å². The van der Waals surface area contributed by atoms with Crippen LogP contribution in [0.4, 0.5) is 13.2 Å². The molecule has 0 unspecified atom stereocenters. The van der Waals surface area contributed by atoms with E-state index in [4.69, 9.17) is 9.72 Å². The predicted octanol–water partition coefficient (Wildman–Crippen LogP) is 5.01. The lowest BCUT2D eigenvalue weighted by Gasteiger charge is -2.26. The molecule has 0 aliphatic carbocycles. The van der Waals surface area contributed by atoms with Gasteiger partial charge < -0.3 is 9.30 Å². The molecule has 3 heterocycles. The number of nitrogens with zero attached hydrogens (tertiary/aromatic N) is 3. The molecule has 10 heteroatoms. The summed E-state index contributed by atoms with van der Waals surface area (Å²) in [5, 5.41) is 0. The van der Waals surface area contributed by atoms with Crippen LogP contribution in [0, 0.1) is 5.92 Å². The molecule has 1 aliphatic rings. The summed E-state index contributed by atoms with van der Waals surface area (Å²) in [4.78, 5) is 7.44. The Balaban J connectivity index is 1.78. The molecular weight excluding hydrogens is 455 g/mol. The van der Waals surface area contributed by atoms with Gasteiger partial charge in [0.2, 0.25) is 9.84 Å². The third-order valence-corrected chi connectivity index (χ3v) is 7.56. The van der Waals surface area contributed by atoms with Gasteiger partial charge in [0.1, 0.15) is 11.5 Å². The normalized spacial score (nSPS) is 16.4. The molecule has 1 aliphatic heterocycles. The van der Waals surface area contributed by atoms with Crippen LogP contribution in [0.2, 0.25) is 0 Å². The topological polar surface area (TPSA) is 74.1 Å². The number of benzene rings is 1. The van der Waals surface area contributed by atoms with E-state index < -0.39 is 26.6 Å². The van der Waals surface area contributed by atoms with Gasteiger partial charge in [-0.1, -0.05) is 20.8 Å². The van der Waals surface area contributed by atoms with Gasteiger partial charge in [0.25, 0.3) is 0 Å². The Bertz CT molecular complexity index is 1270. The second-order valence-electron chi connectivity index (χ2n) is 9.38. The van der Waals surface area contributed by atoms with E-state index in [1.54, 1.807) is 6.07 Å². The summed E-state index contributed by atoms with van der Waals surface area (Å²) in [5.74, 6) is 1.26. The predicted molar refractivity (Wildman–Crippen MR) is 117 cm³/mol. The van der Waals surface area contributed by atoms with Crippen LogP contribution in [0.3, 0.4) is 0 Å². The van der Waals surface area contributed by atoms with Crippen molar-refractivity contribution in [1.29, 1.82) is 0 Å². The van der Waals surface area contributed by atoms with Gasteiger partial charge >= 0.3 is 6.18 Å². The van der Waals surface area contributed by atoms with Crippen LogP contribution < -0.4 is 0 Å². The van der Waals surface area contributed by atoms with E-state index in [9.17, 15) is 21.6 Å². The zero-order valence-corrected chi connectivity index (χ0v) is 19.5. The van der Waals surface area contributed by atoms with Crippen LogP contribution in [-0.4, -0.2) is 36.2 Å². The first-order valence-corrected chi connectivity index (χ1v) is 12.2. The first-order valence-electron chi connectivity index (χ1n) is 10.7. The molecule has 1 aromatic carbocycles.